The second-order valence-electron chi connectivity index (χ2n) is 4.79. The third kappa shape index (κ3) is 6.60. The summed E-state index contributed by atoms with van der Waals surface area (Å²) in [6.45, 7) is 0. The molecule has 12 nitrogen and oxygen atoms in total. The highest BCUT2D eigenvalue weighted by Gasteiger charge is 2.23. The molecule has 0 aliphatic carbocycles. The molecule has 4 N–H and O–H groups in total. The smallest absolute Gasteiger partial charge is 0.282 e. The summed E-state index contributed by atoms with van der Waals surface area (Å²) in [5.41, 5.74) is 0. The Morgan fingerprint density at radius 2 is 0.536 bits per heavy atom. The molecule has 0 saturated carbocycles. The first-order chi connectivity index (χ1) is 12.5. The van der Waals surface area contributed by atoms with E-state index >= 15 is 0 Å². The standard InChI is InChI=1S/2C6H6O6S2/c2*7-13(8,9)5-3-1-2-4-6(5)14(10,11)12/h2*1-4H,(H,7,8,9)(H,10,11,12). The summed E-state index contributed by atoms with van der Waals surface area (Å²) in [6.07, 6.45) is 0. The highest BCUT2D eigenvalue weighted by molar-refractivity contribution is 7.89. The van der Waals surface area contributed by atoms with Crippen molar-refractivity contribution < 1.29 is 51.9 Å². The minimum absolute atomic E-state index is 0.845. The Bertz CT molecular complexity index is 1080. The van der Waals surface area contributed by atoms with Gasteiger partial charge in [-0.25, -0.2) is 0 Å². The molecule has 0 radical (unpaired) electrons. The van der Waals surface area contributed by atoms with Crippen LogP contribution in [0, 0.1) is 0 Å². The van der Waals surface area contributed by atoms with Gasteiger partial charge in [0.15, 0.2) is 0 Å². The summed E-state index contributed by atoms with van der Waals surface area (Å²) >= 11 is 0. The summed E-state index contributed by atoms with van der Waals surface area (Å²) in [4.78, 5) is -3.38. The fourth-order valence-corrected chi connectivity index (χ4v) is 5.31. The van der Waals surface area contributed by atoms with Crippen LogP contribution in [0.3, 0.4) is 0 Å². The van der Waals surface area contributed by atoms with Crippen LogP contribution in [0.2, 0.25) is 0 Å². The molecule has 156 valence electrons. The topological polar surface area (TPSA) is 217 Å². The lowest BCUT2D eigenvalue weighted by atomic mass is 10.4. The lowest BCUT2D eigenvalue weighted by Gasteiger charge is -2.02. The molecular weight excluding hydrogens is 464 g/mol. The first-order valence-corrected chi connectivity index (χ1v) is 12.3. The van der Waals surface area contributed by atoms with E-state index in [9.17, 15) is 33.7 Å². The van der Waals surface area contributed by atoms with Crippen molar-refractivity contribution in [1.29, 1.82) is 0 Å². The van der Waals surface area contributed by atoms with Crippen molar-refractivity contribution >= 4 is 40.5 Å². The van der Waals surface area contributed by atoms with Crippen LogP contribution in [-0.2, 0) is 40.5 Å². The van der Waals surface area contributed by atoms with Gasteiger partial charge in [-0.15, -0.1) is 0 Å². The molecule has 2 aromatic carbocycles. The summed E-state index contributed by atoms with van der Waals surface area (Å²) in [5, 5.41) is 0. The second-order valence-corrected chi connectivity index (χ2v) is 10.4. The molecule has 0 aliphatic rings. The average Bonchev–Trinajstić information content (AvgIpc) is 2.52. The van der Waals surface area contributed by atoms with Gasteiger partial charge in [-0.05, 0) is 24.3 Å². The zero-order valence-corrected chi connectivity index (χ0v) is 16.6. The maximum absolute atomic E-state index is 10.7. The van der Waals surface area contributed by atoms with Crippen molar-refractivity contribution in [3.8, 4) is 0 Å². The van der Waals surface area contributed by atoms with Crippen LogP contribution in [0.5, 0.6) is 0 Å². The SMILES string of the molecule is O=S(=O)(O)c1ccccc1S(=O)(=O)O.O=S(=O)(O)c1ccccc1S(=O)(=O)O. The molecule has 0 saturated heterocycles. The van der Waals surface area contributed by atoms with Crippen LogP contribution in [0.15, 0.2) is 68.1 Å². The van der Waals surface area contributed by atoms with Crippen molar-refractivity contribution in [2.45, 2.75) is 19.6 Å². The van der Waals surface area contributed by atoms with Crippen molar-refractivity contribution in [3.63, 3.8) is 0 Å². The first kappa shape index (κ1) is 24.1. The van der Waals surface area contributed by atoms with Crippen LogP contribution in [0.4, 0.5) is 0 Å². The fourth-order valence-electron chi connectivity index (χ4n) is 1.75. The molecule has 0 atom stereocenters. The van der Waals surface area contributed by atoms with E-state index in [1.807, 2.05) is 0 Å². The monoisotopic (exact) mass is 476 g/mol. The van der Waals surface area contributed by atoms with Crippen molar-refractivity contribution in [2.75, 3.05) is 0 Å². The molecule has 16 heteroatoms. The molecule has 0 bridgehead atoms. The van der Waals surface area contributed by atoms with Crippen LogP contribution >= 0.6 is 0 Å². The van der Waals surface area contributed by atoms with E-state index in [4.69, 9.17) is 18.2 Å². The van der Waals surface area contributed by atoms with E-state index in [-0.39, 0.29) is 0 Å². The maximum Gasteiger partial charge on any atom is 0.295 e. The largest absolute Gasteiger partial charge is 0.295 e. The van der Waals surface area contributed by atoms with Gasteiger partial charge in [0, 0.05) is 0 Å². The highest BCUT2D eigenvalue weighted by Crippen LogP contribution is 2.20. The number of benzene rings is 2. The molecule has 2 aromatic rings. The lowest BCUT2D eigenvalue weighted by Crippen LogP contribution is -2.07. The third-order valence-corrected chi connectivity index (χ3v) is 6.72. The van der Waals surface area contributed by atoms with Crippen molar-refractivity contribution in [3.05, 3.63) is 48.5 Å². The Balaban J connectivity index is 0.000000280. The number of hydrogen-bond acceptors (Lipinski definition) is 8. The molecule has 0 aromatic heterocycles. The van der Waals surface area contributed by atoms with E-state index in [2.05, 4.69) is 0 Å². The molecule has 28 heavy (non-hydrogen) atoms. The van der Waals surface area contributed by atoms with Crippen LogP contribution in [0.25, 0.3) is 0 Å². The summed E-state index contributed by atoms with van der Waals surface area (Å²) in [5.74, 6) is 0. The fraction of sp³-hybridized carbons (Fsp3) is 0. The van der Waals surface area contributed by atoms with Gasteiger partial charge >= 0.3 is 0 Å². The van der Waals surface area contributed by atoms with E-state index in [1.54, 1.807) is 0 Å². The summed E-state index contributed by atoms with van der Waals surface area (Å²) < 4.78 is 120. The van der Waals surface area contributed by atoms with Gasteiger partial charge < -0.3 is 0 Å². The Labute approximate surface area is 160 Å². The molecule has 0 aliphatic heterocycles. The number of rotatable bonds is 4. The zero-order chi connectivity index (χ0) is 22.0. The second kappa shape index (κ2) is 8.21. The normalized spacial score (nSPS) is 12.7. The molecule has 0 spiro atoms. The minimum atomic E-state index is -4.66. The molecule has 2 rings (SSSR count). The maximum atomic E-state index is 10.7. The molecule has 0 unspecified atom stereocenters. The van der Waals surface area contributed by atoms with Gasteiger partial charge in [-0.2, -0.15) is 33.7 Å². The highest BCUT2D eigenvalue weighted by atomic mass is 32.2. The summed E-state index contributed by atoms with van der Waals surface area (Å²) in [7, 11) is -18.6. The average molecular weight is 476 g/mol. The van der Waals surface area contributed by atoms with E-state index in [1.165, 1.54) is 24.3 Å². The van der Waals surface area contributed by atoms with Gasteiger partial charge in [0.05, 0.1) is 0 Å². The molecule has 0 heterocycles. The summed E-state index contributed by atoms with van der Waals surface area (Å²) in [6, 6.07) is 8.37. The van der Waals surface area contributed by atoms with Crippen LogP contribution in [0.1, 0.15) is 0 Å². The van der Waals surface area contributed by atoms with Crippen LogP contribution < -0.4 is 0 Å². The predicted molar refractivity (Wildman–Crippen MR) is 92.1 cm³/mol. The van der Waals surface area contributed by atoms with Gasteiger partial charge in [0.25, 0.3) is 40.5 Å². The Morgan fingerprint density at radius 1 is 0.393 bits per heavy atom. The van der Waals surface area contributed by atoms with Crippen molar-refractivity contribution in [2.24, 2.45) is 0 Å². The van der Waals surface area contributed by atoms with E-state index in [0.717, 1.165) is 24.3 Å². The number of hydrogen-bond donors (Lipinski definition) is 4. The quantitative estimate of drug-likeness (QED) is 0.440. The Kier molecular flexibility index (Phi) is 7.07. The van der Waals surface area contributed by atoms with Gasteiger partial charge in [-0.3, -0.25) is 18.2 Å². The lowest BCUT2D eigenvalue weighted by molar-refractivity contribution is 0.466. The Morgan fingerprint density at radius 3 is 0.643 bits per heavy atom. The van der Waals surface area contributed by atoms with E-state index < -0.39 is 60.1 Å². The third-order valence-electron chi connectivity index (χ3n) is 2.81. The molecule has 0 amide bonds. The Hall–Kier alpha value is -1.92. The molecular formula is C12H12O12S4. The first-order valence-electron chi connectivity index (χ1n) is 6.53. The minimum Gasteiger partial charge on any atom is -0.282 e. The zero-order valence-electron chi connectivity index (χ0n) is 13.3. The van der Waals surface area contributed by atoms with E-state index in [0.29, 0.717) is 0 Å². The van der Waals surface area contributed by atoms with Gasteiger partial charge in [-0.1, -0.05) is 24.3 Å². The van der Waals surface area contributed by atoms with Gasteiger partial charge in [0.1, 0.15) is 19.6 Å². The predicted octanol–water partition coefficient (Wildman–Crippen LogP) is 0.360. The van der Waals surface area contributed by atoms with Gasteiger partial charge in [0.2, 0.25) is 0 Å². The van der Waals surface area contributed by atoms with Crippen LogP contribution in [-0.4, -0.2) is 51.9 Å². The van der Waals surface area contributed by atoms with Crippen molar-refractivity contribution in [1.82, 2.24) is 0 Å². The molecule has 0 fully saturated rings.